The van der Waals surface area contributed by atoms with E-state index in [1.54, 1.807) is 0 Å². The van der Waals surface area contributed by atoms with Gasteiger partial charge in [-0.05, 0) is 18.9 Å². The molecule has 0 radical (unpaired) electrons. The minimum absolute atomic E-state index is 0.00255. The molecule has 16 heavy (non-hydrogen) atoms. The zero-order valence-corrected chi connectivity index (χ0v) is 8.65. The average molecular weight is 232 g/mol. The van der Waals surface area contributed by atoms with Crippen molar-refractivity contribution in [3.05, 3.63) is 35.6 Å². The fraction of sp³-hybridized carbons (Fsp3) is 0.500. The van der Waals surface area contributed by atoms with Gasteiger partial charge in [0.25, 0.3) is 0 Å². The first-order chi connectivity index (χ1) is 7.47. The second kappa shape index (κ2) is 3.75. The van der Waals surface area contributed by atoms with Crippen molar-refractivity contribution in [2.24, 2.45) is 0 Å². The molecule has 88 valence electrons. The summed E-state index contributed by atoms with van der Waals surface area (Å²) in [4.78, 5) is 0. The normalized spacial score (nSPS) is 20.0. The summed E-state index contributed by atoms with van der Waals surface area (Å²) >= 11 is 0. The van der Waals surface area contributed by atoms with Crippen LogP contribution in [-0.2, 0) is 5.41 Å². The van der Waals surface area contributed by atoms with Crippen molar-refractivity contribution in [2.75, 3.05) is 0 Å². The minimum atomic E-state index is -4.37. The zero-order chi connectivity index (χ0) is 11.8. The van der Waals surface area contributed by atoms with E-state index in [4.69, 9.17) is 0 Å². The van der Waals surface area contributed by atoms with Gasteiger partial charge in [-0.25, -0.2) is 4.39 Å². The summed E-state index contributed by atoms with van der Waals surface area (Å²) in [7, 11) is 0. The molecule has 0 N–H and O–H groups in total. The number of hydrogen-bond acceptors (Lipinski definition) is 0. The van der Waals surface area contributed by atoms with E-state index >= 15 is 0 Å². The standard InChI is InChI=1S/C12H12F4/c13-10-6-2-1-5-9(10)11(12(14,15)16)7-3-4-8-11/h1-2,5-6H,3-4,7-8H2. The first kappa shape index (κ1) is 11.4. The molecule has 0 aliphatic heterocycles. The lowest BCUT2D eigenvalue weighted by Gasteiger charge is -2.32. The molecule has 1 fully saturated rings. The molecule has 1 aliphatic carbocycles. The van der Waals surface area contributed by atoms with Crippen molar-refractivity contribution in [2.45, 2.75) is 37.3 Å². The lowest BCUT2D eigenvalue weighted by Crippen LogP contribution is -2.40. The molecule has 1 aromatic rings. The van der Waals surface area contributed by atoms with Crippen LogP contribution in [0.3, 0.4) is 0 Å². The van der Waals surface area contributed by atoms with E-state index < -0.39 is 17.4 Å². The van der Waals surface area contributed by atoms with Crippen LogP contribution in [0.5, 0.6) is 0 Å². The van der Waals surface area contributed by atoms with Crippen molar-refractivity contribution < 1.29 is 17.6 Å². The maximum atomic E-state index is 13.5. The summed E-state index contributed by atoms with van der Waals surface area (Å²) in [5.41, 5.74) is -2.15. The Morgan fingerprint density at radius 1 is 1.00 bits per heavy atom. The summed E-state index contributed by atoms with van der Waals surface area (Å²) in [5, 5.41) is 0. The highest BCUT2D eigenvalue weighted by atomic mass is 19.4. The van der Waals surface area contributed by atoms with Crippen LogP contribution in [0.4, 0.5) is 17.6 Å². The molecule has 0 amide bonds. The molecular weight excluding hydrogens is 220 g/mol. The highest BCUT2D eigenvalue weighted by Gasteiger charge is 2.57. The predicted octanol–water partition coefficient (Wildman–Crippen LogP) is 4.20. The highest BCUT2D eigenvalue weighted by molar-refractivity contribution is 5.30. The van der Waals surface area contributed by atoms with E-state index in [1.165, 1.54) is 18.2 Å². The van der Waals surface area contributed by atoms with Crippen molar-refractivity contribution in [3.63, 3.8) is 0 Å². The second-order valence-electron chi connectivity index (χ2n) is 4.27. The van der Waals surface area contributed by atoms with Gasteiger partial charge in [0.15, 0.2) is 0 Å². The van der Waals surface area contributed by atoms with Crippen LogP contribution in [0.2, 0.25) is 0 Å². The maximum Gasteiger partial charge on any atom is 0.398 e. The minimum Gasteiger partial charge on any atom is -0.207 e. The van der Waals surface area contributed by atoms with Crippen LogP contribution < -0.4 is 0 Å². The lowest BCUT2D eigenvalue weighted by atomic mass is 9.78. The molecule has 0 nitrogen and oxygen atoms in total. The Labute approximate surface area is 91.3 Å². The van der Waals surface area contributed by atoms with Gasteiger partial charge in [-0.15, -0.1) is 0 Å². The van der Waals surface area contributed by atoms with E-state index in [0.717, 1.165) is 6.07 Å². The number of benzene rings is 1. The number of halogens is 4. The molecule has 2 rings (SSSR count). The molecular formula is C12H12F4. The average Bonchev–Trinajstić information content (AvgIpc) is 2.67. The van der Waals surface area contributed by atoms with Crippen LogP contribution in [-0.4, -0.2) is 6.18 Å². The van der Waals surface area contributed by atoms with Crippen molar-refractivity contribution in [1.29, 1.82) is 0 Å². The predicted molar refractivity (Wildman–Crippen MR) is 52.6 cm³/mol. The van der Waals surface area contributed by atoms with Gasteiger partial charge in [-0.1, -0.05) is 31.0 Å². The summed E-state index contributed by atoms with van der Waals surface area (Å²) in [6, 6.07) is 5.23. The van der Waals surface area contributed by atoms with Crippen LogP contribution in [0.15, 0.2) is 24.3 Å². The van der Waals surface area contributed by atoms with Gasteiger partial charge in [0, 0.05) is 5.56 Å². The van der Waals surface area contributed by atoms with Crippen molar-refractivity contribution >= 4 is 0 Å². The Balaban J connectivity index is 2.53. The molecule has 0 atom stereocenters. The van der Waals surface area contributed by atoms with Gasteiger partial charge in [-0.3, -0.25) is 0 Å². The van der Waals surface area contributed by atoms with Crippen LogP contribution in [0.25, 0.3) is 0 Å². The van der Waals surface area contributed by atoms with Crippen molar-refractivity contribution in [3.8, 4) is 0 Å². The second-order valence-corrected chi connectivity index (χ2v) is 4.27. The molecule has 0 unspecified atom stereocenters. The Morgan fingerprint density at radius 3 is 2.06 bits per heavy atom. The van der Waals surface area contributed by atoms with E-state index in [-0.39, 0.29) is 18.4 Å². The monoisotopic (exact) mass is 232 g/mol. The SMILES string of the molecule is Fc1ccccc1C1(C(F)(F)F)CCCC1. The van der Waals surface area contributed by atoms with E-state index in [2.05, 4.69) is 0 Å². The molecule has 0 heterocycles. The number of alkyl halides is 3. The fourth-order valence-electron chi connectivity index (χ4n) is 2.53. The molecule has 4 heteroatoms. The fourth-order valence-corrected chi connectivity index (χ4v) is 2.53. The molecule has 0 saturated heterocycles. The lowest BCUT2D eigenvalue weighted by molar-refractivity contribution is -0.189. The molecule has 0 spiro atoms. The largest absolute Gasteiger partial charge is 0.398 e. The summed E-state index contributed by atoms with van der Waals surface area (Å²) in [6.45, 7) is 0. The third-order valence-electron chi connectivity index (χ3n) is 3.39. The highest BCUT2D eigenvalue weighted by Crippen LogP contribution is 2.52. The summed E-state index contributed by atoms with van der Waals surface area (Å²) < 4.78 is 52.9. The van der Waals surface area contributed by atoms with Gasteiger partial charge >= 0.3 is 6.18 Å². The zero-order valence-electron chi connectivity index (χ0n) is 8.65. The Hall–Kier alpha value is -1.06. The van der Waals surface area contributed by atoms with Crippen LogP contribution in [0.1, 0.15) is 31.2 Å². The smallest absolute Gasteiger partial charge is 0.207 e. The molecule has 1 saturated carbocycles. The van der Waals surface area contributed by atoms with Gasteiger partial charge < -0.3 is 0 Å². The van der Waals surface area contributed by atoms with Gasteiger partial charge in [-0.2, -0.15) is 13.2 Å². The molecule has 1 aliphatic rings. The first-order valence-corrected chi connectivity index (χ1v) is 5.29. The van der Waals surface area contributed by atoms with E-state index in [9.17, 15) is 17.6 Å². The Bertz CT molecular complexity index is 375. The van der Waals surface area contributed by atoms with Crippen LogP contribution in [0, 0.1) is 5.82 Å². The molecule has 0 bridgehead atoms. The molecule has 1 aromatic carbocycles. The quantitative estimate of drug-likeness (QED) is 0.636. The van der Waals surface area contributed by atoms with Gasteiger partial charge in [0.2, 0.25) is 0 Å². The summed E-state index contributed by atoms with van der Waals surface area (Å²) in [6.07, 6.45) is -3.36. The van der Waals surface area contributed by atoms with E-state index in [0.29, 0.717) is 12.8 Å². The van der Waals surface area contributed by atoms with Crippen LogP contribution >= 0.6 is 0 Å². The van der Waals surface area contributed by atoms with E-state index in [1.807, 2.05) is 0 Å². The third kappa shape index (κ3) is 1.60. The van der Waals surface area contributed by atoms with Crippen molar-refractivity contribution in [1.82, 2.24) is 0 Å². The maximum absolute atomic E-state index is 13.5. The number of hydrogen-bond donors (Lipinski definition) is 0. The van der Waals surface area contributed by atoms with Gasteiger partial charge in [0.1, 0.15) is 5.82 Å². The summed E-state index contributed by atoms with van der Waals surface area (Å²) in [5.74, 6) is -0.748. The topological polar surface area (TPSA) is 0 Å². The molecule has 0 aromatic heterocycles. The van der Waals surface area contributed by atoms with Gasteiger partial charge in [0.05, 0.1) is 5.41 Å². The Kier molecular flexibility index (Phi) is 2.68. The Morgan fingerprint density at radius 2 is 1.56 bits per heavy atom. The first-order valence-electron chi connectivity index (χ1n) is 5.29. The number of rotatable bonds is 1. The third-order valence-corrected chi connectivity index (χ3v) is 3.39.